The van der Waals surface area contributed by atoms with Crippen LogP contribution >= 0.6 is 24.0 Å². The van der Waals surface area contributed by atoms with Gasteiger partial charge in [0.15, 0.2) is 5.96 Å². The lowest BCUT2D eigenvalue weighted by atomic mass is 10.2. The number of nitrogens with zero attached hydrogens (tertiary/aromatic N) is 3. The van der Waals surface area contributed by atoms with Crippen LogP contribution in [0.3, 0.4) is 0 Å². The van der Waals surface area contributed by atoms with Crippen LogP contribution in [0.1, 0.15) is 18.3 Å². The smallest absolute Gasteiger partial charge is 0.194 e. The minimum atomic E-state index is -0.932. The highest BCUT2D eigenvalue weighted by Gasteiger charge is 2.10. The molecule has 166 valence electrons. The van der Waals surface area contributed by atoms with E-state index < -0.39 is 10.8 Å². The summed E-state index contributed by atoms with van der Waals surface area (Å²) in [7, 11) is 1.05. The monoisotopic (exact) mass is 551 g/mol. The molecule has 6 nitrogen and oxygen atoms in total. The number of nitrogens with one attached hydrogen (secondary N) is 2. The Morgan fingerprint density at radius 2 is 1.81 bits per heavy atom. The van der Waals surface area contributed by atoms with Gasteiger partial charge in [0.25, 0.3) is 0 Å². The number of halogens is 1. The van der Waals surface area contributed by atoms with Gasteiger partial charge >= 0.3 is 0 Å². The highest BCUT2D eigenvalue weighted by molar-refractivity contribution is 14.0. The summed E-state index contributed by atoms with van der Waals surface area (Å²) >= 11 is 0. The van der Waals surface area contributed by atoms with Gasteiger partial charge in [-0.3, -0.25) is 9.20 Å². The Bertz CT molecular complexity index is 962. The third-order valence-corrected chi connectivity index (χ3v) is 5.84. The fraction of sp³-hybridized carbons (Fsp3) is 0.304. The van der Waals surface area contributed by atoms with Crippen molar-refractivity contribution in [2.45, 2.75) is 19.2 Å². The van der Waals surface area contributed by atoms with E-state index in [1.54, 1.807) is 0 Å². The first-order valence-electron chi connectivity index (χ1n) is 10.1. The number of imidazole rings is 1. The van der Waals surface area contributed by atoms with Crippen LogP contribution in [0, 0.1) is 0 Å². The zero-order valence-corrected chi connectivity index (χ0v) is 21.1. The van der Waals surface area contributed by atoms with E-state index in [9.17, 15) is 4.21 Å². The summed E-state index contributed by atoms with van der Waals surface area (Å²) in [5, 5.41) is 3.30. The van der Waals surface area contributed by atoms with Crippen LogP contribution in [-0.4, -0.2) is 50.9 Å². The van der Waals surface area contributed by atoms with Gasteiger partial charge in [-0.2, -0.15) is 0 Å². The highest BCUT2D eigenvalue weighted by atomic mass is 127. The van der Waals surface area contributed by atoms with Gasteiger partial charge in [0.05, 0.1) is 25.0 Å². The second-order valence-corrected chi connectivity index (χ2v) is 8.55. The van der Waals surface area contributed by atoms with Crippen molar-refractivity contribution < 1.29 is 4.21 Å². The highest BCUT2D eigenvalue weighted by Crippen LogP contribution is 2.16. The van der Waals surface area contributed by atoms with E-state index in [0.29, 0.717) is 24.6 Å². The first-order chi connectivity index (χ1) is 14.7. The standard InChI is InChI=1S/C23H29N5OS.HI/c1-3-24-23(25-14-15-30(29)18-19-10-6-4-7-11-19)28(2)17-22-26-16-21(27-22)20-12-8-5-9-13-20;/h4-13,16H,3,14-15,17-18H2,1-2H3,(H,24,25)(H,26,27);1H. The summed E-state index contributed by atoms with van der Waals surface area (Å²) in [5.41, 5.74) is 3.20. The minimum absolute atomic E-state index is 0. The van der Waals surface area contributed by atoms with Crippen molar-refractivity contribution in [3.63, 3.8) is 0 Å². The van der Waals surface area contributed by atoms with Crippen LogP contribution in [0.2, 0.25) is 0 Å². The zero-order valence-electron chi connectivity index (χ0n) is 18.0. The predicted octanol–water partition coefficient (Wildman–Crippen LogP) is 4.04. The molecule has 0 aliphatic rings. The molecule has 0 saturated heterocycles. The Balaban J connectivity index is 0.00000341. The first kappa shape index (κ1) is 25.1. The minimum Gasteiger partial charge on any atom is -0.357 e. The third kappa shape index (κ3) is 8.10. The predicted molar refractivity (Wildman–Crippen MR) is 140 cm³/mol. The summed E-state index contributed by atoms with van der Waals surface area (Å²) in [5.74, 6) is 2.76. The number of hydrogen-bond donors (Lipinski definition) is 2. The summed E-state index contributed by atoms with van der Waals surface area (Å²) in [6.45, 7) is 3.92. The molecule has 1 heterocycles. The molecule has 1 aromatic heterocycles. The number of guanidine groups is 1. The van der Waals surface area contributed by atoms with Crippen molar-refractivity contribution in [1.82, 2.24) is 20.2 Å². The SMILES string of the molecule is CCNC(=NCCS(=O)Cc1ccccc1)N(C)Cc1ncc(-c2ccccc2)[nH]1.I. The van der Waals surface area contributed by atoms with Gasteiger partial charge in [-0.15, -0.1) is 24.0 Å². The lowest BCUT2D eigenvalue weighted by molar-refractivity contribution is 0.464. The maximum Gasteiger partial charge on any atom is 0.194 e. The number of aliphatic imine (C=N–C) groups is 1. The van der Waals surface area contributed by atoms with E-state index in [1.165, 1.54) is 0 Å². The summed E-state index contributed by atoms with van der Waals surface area (Å²) in [4.78, 5) is 14.6. The average Bonchev–Trinajstić information content (AvgIpc) is 3.23. The molecule has 31 heavy (non-hydrogen) atoms. The largest absolute Gasteiger partial charge is 0.357 e. The van der Waals surface area contributed by atoms with E-state index in [-0.39, 0.29) is 24.0 Å². The zero-order chi connectivity index (χ0) is 21.2. The fourth-order valence-corrected chi connectivity index (χ4v) is 4.07. The van der Waals surface area contributed by atoms with E-state index in [0.717, 1.165) is 35.1 Å². The first-order valence-corrected chi connectivity index (χ1v) is 11.6. The lowest BCUT2D eigenvalue weighted by Gasteiger charge is -2.21. The van der Waals surface area contributed by atoms with Crippen LogP contribution in [0.5, 0.6) is 0 Å². The molecule has 8 heteroatoms. The van der Waals surface area contributed by atoms with Gasteiger partial charge in [-0.05, 0) is 18.1 Å². The molecule has 2 aromatic carbocycles. The number of benzene rings is 2. The van der Waals surface area contributed by atoms with Crippen molar-refractivity contribution in [2.24, 2.45) is 4.99 Å². The Morgan fingerprint density at radius 1 is 1.13 bits per heavy atom. The van der Waals surface area contributed by atoms with Crippen LogP contribution in [0.15, 0.2) is 71.9 Å². The molecule has 1 atom stereocenters. The van der Waals surface area contributed by atoms with E-state index in [2.05, 4.69) is 32.4 Å². The Kier molecular flexibility index (Phi) is 10.7. The molecule has 0 aliphatic heterocycles. The summed E-state index contributed by atoms with van der Waals surface area (Å²) in [6.07, 6.45) is 1.86. The Morgan fingerprint density at radius 3 is 2.48 bits per heavy atom. The quantitative estimate of drug-likeness (QED) is 0.239. The number of H-pyrrole nitrogens is 1. The van der Waals surface area contributed by atoms with Crippen LogP contribution < -0.4 is 5.32 Å². The van der Waals surface area contributed by atoms with Crippen LogP contribution in [0.4, 0.5) is 0 Å². The van der Waals surface area contributed by atoms with Crippen molar-refractivity contribution >= 4 is 40.7 Å². The Hall–Kier alpha value is -2.20. The molecule has 3 aromatic rings. The number of aromatic nitrogens is 2. The molecule has 2 N–H and O–H groups in total. The number of hydrogen-bond acceptors (Lipinski definition) is 3. The molecule has 0 spiro atoms. The van der Waals surface area contributed by atoms with Crippen molar-refractivity contribution in [2.75, 3.05) is 25.9 Å². The van der Waals surface area contributed by atoms with Gasteiger partial charge in [0.2, 0.25) is 0 Å². The van der Waals surface area contributed by atoms with Gasteiger partial charge in [-0.25, -0.2) is 4.98 Å². The molecule has 1 unspecified atom stereocenters. The third-order valence-electron chi connectivity index (χ3n) is 4.55. The molecule has 0 bridgehead atoms. The molecular weight excluding hydrogens is 521 g/mol. The molecule has 0 saturated carbocycles. The Labute approximate surface area is 204 Å². The lowest BCUT2D eigenvalue weighted by Crippen LogP contribution is -2.39. The normalized spacial score (nSPS) is 12.1. The summed E-state index contributed by atoms with van der Waals surface area (Å²) in [6, 6.07) is 20.1. The van der Waals surface area contributed by atoms with Gasteiger partial charge < -0.3 is 15.2 Å². The maximum absolute atomic E-state index is 12.3. The van der Waals surface area contributed by atoms with Gasteiger partial charge in [-0.1, -0.05) is 60.7 Å². The number of rotatable bonds is 9. The molecule has 0 aliphatic carbocycles. The second-order valence-electron chi connectivity index (χ2n) is 6.98. The van der Waals surface area contributed by atoms with Crippen LogP contribution in [-0.2, 0) is 23.1 Å². The van der Waals surface area contributed by atoms with Crippen LogP contribution in [0.25, 0.3) is 11.3 Å². The molecular formula is C23H30IN5OS. The molecule has 0 radical (unpaired) electrons. The molecule has 0 amide bonds. The molecule has 0 fully saturated rings. The van der Waals surface area contributed by atoms with E-state index in [1.807, 2.05) is 73.6 Å². The average molecular weight is 551 g/mol. The van der Waals surface area contributed by atoms with Crippen molar-refractivity contribution in [3.8, 4) is 11.3 Å². The second kappa shape index (κ2) is 13.3. The van der Waals surface area contributed by atoms with Crippen molar-refractivity contribution in [3.05, 3.63) is 78.2 Å². The topological polar surface area (TPSA) is 73.4 Å². The molecule has 3 rings (SSSR count). The van der Waals surface area contributed by atoms with Gasteiger partial charge in [0, 0.05) is 35.9 Å². The van der Waals surface area contributed by atoms with E-state index in [4.69, 9.17) is 0 Å². The van der Waals surface area contributed by atoms with Crippen molar-refractivity contribution in [1.29, 1.82) is 0 Å². The van der Waals surface area contributed by atoms with E-state index >= 15 is 0 Å². The summed E-state index contributed by atoms with van der Waals surface area (Å²) < 4.78 is 12.3. The maximum atomic E-state index is 12.3. The van der Waals surface area contributed by atoms with Gasteiger partial charge in [0.1, 0.15) is 5.82 Å². The number of aromatic amines is 1. The fourth-order valence-electron chi connectivity index (χ4n) is 3.06.